The molecule has 0 saturated heterocycles. The number of ether oxygens (including phenoxy) is 4. The van der Waals surface area contributed by atoms with Crippen molar-refractivity contribution in [3.05, 3.63) is 0 Å². The van der Waals surface area contributed by atoms with Crippen molar-refractivity contribution in [1.29, 1.82) is 0 Å². The van der Waals surface area contributed by atoms with E-state index in [1.54, 1.807) is 0 Å². The monoisotopic (exact) mass is 352 g/mol. The Morgan fingerprint density at radius 3 is 1.38 bits per heavy atom. The molecular formula is C17H36O7. The molecule has 7 heteroatoms. The third-order valence-electron chi connectivity index (χ3n) is 3.48. The zero-order valence-corrected chi connectivity index (χ0v) is 15.1. The molecular weight excluding hydrogens is 316 g/mol. The zero-order chi connectivity index (χ0) is 17.9. The summed E-state index contributed by atoms with van der Waals surface area (Å²) in [6.45, 7) is 4.74. The maximum atomic E-state index is 8.90. The third-order valence-corrected chi connectivity index (χ3v) is 3.48. The summed E-state index contributed by atoms with van der Waals surface area (Å²) in [5, 5.41) is 26.7. The Balaban J connectivity index is 4.48. The molecule has 24 heavy (non-hydrogen) atoms. The molecule has 0 radical (unpaired) electrons. The van der Waals surface area contributed by atoms with Crippen molar-refractivity contribution < 1.29 is 34.3 Å². The number of hydrogen-bond donors (Lipinski definition) is 3. The lowest BCUT2D eigenvalue weighted by atomic mass is 9.92. The van der Waals surface area contributed by atoms with Crippen LogP contribution in [0.25, 0.3) is 0 Å². The summed E-state index contributed by atoms with van der Waals surface area (Å²) in [5.74, 6) is 0. The Kier molecular flexibility index (Phi) is 17.3. The molecule has 0 heterocycles. The first-order chi connectivity index (χ1) is 11.7. The molecule has 3 N–H and O–H groups in total. The molecule has 0 aromatic carbocycles. The molecule has 0 aromatic rings. The van der Waals surface area contributed by atoms with Gasteiger partial charge in [0, 0.05) is 6.61 Å². The fourth-order valence-electron chi connectivity index (χ4n) is 2.23. The van der Waals surface area contributed by atoms with E-state index in [4.69, 9.17) is 34.3 Å². The predicted molar refractivity (Wildman–Crippen MR) is 91.1 cm³/mol. The van der Waals surface area contributed by atoms with Crippen molar-refractivity contribution in [2.75, 3.05) is 72.7 Å². The van der Waals surface area contributed by atoms with Crippen LogP contribution in [-0.4, -0.2) is 88.0 Å². The van der Waals surface area contributed by atoms with Gasteiger partial charge in [0.1, 0.15) is 0 Å². The van der Waals surface area contributed by atoms with Crippen LogP contribution >= 0.6 is 0 Å². The quantitative estimate of drug-likeness (QED) is 0.293. The molecule has 0 saturated carbocycles. The highest BCUT2D eigenvalue weighted by atomic mass is 16.5. The summed E-state index contributed by atoms with van der Waals surface area (Å²) >= 11 is 0. The summed E-state index contributed by atoms with van der Waals surface area (Å²) in [6, 6.07) is 0. The molecule has 0 fully saturated rings. The molecule has 0 bridgehead atoms. The second-order valence-electron chi connectivity index (χ2n) is 5.94. The smallest absolute Gasteiger partial charge is 0.0698 e. The highest BCUT2D eigenvalue weighted by molar-refractivity contribution is 4.79. The van der Waals surface area contributed by atoms with E-state index >= 15 is 0 Å². The second kappa shape index (κ2) is 17.5. The minimum Gasteiger partial charge on any atom is -0.394 e. The molecule has 0 aliphatic carbocycles. The van der Waals surface area contributed by atoms with Crippen molar-refractivity contribution in [1.82, 2.24) is 0 Å². The Hall–Kier alpha value is -0.280. The van der Waals surface area contributed by atoms with Gasteiger partial charge in [-0.2, -0.15) is 0 Å². The van der Waals surface area contributed by atoms with Gasteiger partial charge < -0.3 is 34.3 Å². The molecule has 0 aromatic heterocycles. The molecule has 0 unspecified atom stereocenters. The minimum absolute atomic E-state index is 0.0526. The van der Waals surface area contributed by atoms with Crippen molar-refractivity contribution in [3.8, 4) is 0 Å². The second-order valence-corrected chi connectivity index (χ2v) is 5.94. The normalized spacial score (nSPS) is 12.0. The van der Waals surface area contributed by atoms with Crippen LogP contribution in [0.1, 0.15) is 32.6 Å². The third kappa shape index (κ3) is 13.1. The van der Waals surface area contributed by atoms with Crippen LogP contribution in [0.15, 0.2) is 0 Å². The first-order valence-corrected chi connectivity index (χ1v) is 8.88. The van der Waals surface area contributed by atoms with Gasteiger partial charge in [-0.3, -0.25) is 0 Å². The molecule has 0 amide bonds. The summed E-state index contributed by atoms with van der Waals surface area (Å²) in [4.78, 5) is 0. The average Bonchev–Trinajstić information content (AvgIpc) is 2.58. The number of unbranched alkanes of at least 4 members (excludes halogenated alkanes) is 3. The summed E-state index contributed by atoms with van der Waals surface area (Å²) in [6.07, 6.45) is 4.54. The van der Waals surface area contributed by atoms with Crippen LogP contribution in [-0.2, 0) is 18.9 Å². The van der Waals surface area contributed by atoms with Crippen LogP contribution in [0.3, 0.4) is 0 Å². The topological polar surface area (TPSA) is 97.6 Å². The van der Waals surface area contributed by atoms with Crippen molar-refractivity contribution in [2.45, 2.75) is 32.6 Å². The van der Waals surface area contributed by atoms with Crippen molar-refractivity contribution in [2.24, 2.45) is 5.41 Å². The van der Waals surface area contributed by atoms with E-state index in [2.05, 4.69) is 6.92 Å². The van der Waals surface area contributed by atoms with Crippen LogP contribution in [0, 0.1) is 5.41 Å². The maximum Gasteiger partial charge on any atom is 0.0698 e. The van der Waals surface area contributed by atoms with E-state index in [1.165, 1.54) is 12.8 Å². The van der Waals surface area contributed by atoms with Crippen LogP contribution in [0.2, 0.25) is 0 Å². The number of aliphatic hydroxyl groups is 3. The maximum absolute atomic E-state index is 8.90. The van der Waals surface area contributed by atoms with E-state index in [0.717, 1.165) is 12.8 Å². The van der Waals surface area contributed by atoms with Gasteiger partial charge in [-0.1, -0.05) is 26.2 Å². The van der Waals surface area contributed by atoms with E-state index in [9.17, 15) is 0 Å². The SMILES string of the molecule is CCCCCCOCC(COCCO)(COCCO)COCCO. The Bertz CT molecular complexity index is 225. The molecule has 0 rings (SSSR count). The van der Waals surface area contributed by atoms with Gasteiger partial charge in [-0.25, -0.2) is 0 Å². The average molecular weight is 352 g/mol. The Labute approximate surface area is 145 Å². The lowest BCUT2D eigenvalue weighted by Gasteiger charge is -2.33. The number of aliphatic hydroxyl groups excluding tert-OH is 3. The highest BCUT2D eigenvalue weighted by Crippen LogP contribution is 2.21. The lowest BCUT2D eigenvalue weighted by Crippen LogP contribution is -2.42. The van der Waals surface area contributed by atoms with Crippen LogP contribution in [0.4, 0.5) is 0 Å². The van der Waals surface area contributed by atoms with Gasteiger partial charge in [0.2, 0.25) is 0 Å². The Morgan fingerprint density at radius 1 is 0.583 bits per heavy atom. The van der Waals surface area contributed by atoms with Crippen molar-refractivity contribution >= 4 is 0 Å². The fraction of sp³-hybridized carbons (Fsp3) is 1.00. The molecule has 0 aliphatic heterocycles. The minimum atomic E-state index is -0.524. The first-order valence-electron chi connectivity index (χ1n) is 8.88. The fourth-order valence-corrected chi connectivity index (χ4v) is 2.23. The van der Waals surface area contributed by atoms with Crippen LogP contribution in [0.5, 0.6) is 0 Å². The molecule has 0 aliphatic rings. The first kappa shape index (κ1) is 23.7. The van der Waals surface area contributed by atoms with Gasteiger partial charge in [0.15, 0.2) is 0 Å². The van der Waals surface area contributed by atoms with Crippen molar-refractivity contribution in [3.63, 3.8) is 0 Å². The predicted octanol–water partition coefficient (Wildman–Crippen LogP) is 0.596. The molecule has 0 spiro atoms. The molecule has 0 atom stereocenters. The van der Waals surface area contributed by atoms with Gasteiger partial charge in [0.05, 0.1) is 71.5 Å². The lowest BCUT2D eigenvalue weighted by molar-refractivity contribution is -0.113. The van der Waals surface area contributed by atoms with Gasteiger partial charge >= 0.3 is 0 Å². The number of rotatable bonds is 19. The summed E-state index contributed by atoms with van der Waals surface area (Å²) in [5.41, 5.74) is -0.524. The summed E-state index contributed by atoms with van der Waals surface area (Å²) in [7, 11) is 0. The number of hydrogen-bond acceptors (Lipinski definition) is 7. The largest absolute Gasteiger partial charge is 0.394 e. The van der Waals surface area contributed by atoms with E-state index in [1.807, 2.05) is 0 Å². The standard InChI is InChI=1S/C17H36O7/c1-2-3-4-5-9-21-13-17(14-22-10-6-18,15-23-11-7-19)16-24-12-8-20/h18-20H,2-16H2,1H3. The Morgan fingerprint density at radius 2 is 1.00 bits per heavy atom. The molecule has 7 nitrogen and oxygen atoms in total. The van der Waals surface area contributed by atoms with E-state index < -0.39 is 5.41 Å². The van der Waals surface area contributed by atoms with Gasteiger partial charge in [-0.15, -0.1) is 0 Å². The highest BCUT2D eigenvalue weighted by Gasteiger charge is 2.32. The van der Waals surface area contributed by atoms with E-state index in [-0.39, 0.29) is 39.6 Å². The summed E-state index contributed by atoms with van der Waals surface area (Å²) < 4.78 is 22.3. The van der Waals surface area contributed by atoms with E-state index in [0.29, 0.717) is 33.0 Å². The van der Waals surface area contributed by atoms with Gasteiger partial charge in [0.25, 0.3) is 0 Å². The van der Waals surface area contributed by atoms with Crippen LogP contribution < -0.4 is 0 Å². The molecule has 146 valence electrons. The van der Waals surface area contributed by atoms with Gasteiger partial charge in [-0.05, 0) is 6.42 Å². The zero-order valence-electron chi connectivity index (χ0n) is 15.1.